The number of hydrogen-bond acceptors (Lipinski definition) is 5. The van der Waals surface area contributed by atoms with Crippen LogP contribution in [0.25, 0.3) is 11.1 Å². The van der Waals surface area contributed by atoms with Crippen LogP contribution in [0.2, 0.25) is 0 Å². The number of nitrogens with zero attached hydrogens (tertiary/aromatic N) is 2. The van der Waals surface area contributed by atoms with Gasteiger partial charge in [-0.3, -0.25) is 0 Å². The first-order valence-corrected chi connectivity index (χ1v) is 13.9. The van der Waals surface area contributed by atoms with E-state index in [9.17, 15) is 30.0 Å². The topological polar surface area (TPSA) is 83.9 Å². The lowest BCUT2D eigenvalue weighted by molar-refractivity contribution is -0.0412. The molecule has 0 aromatic heterocycles. The van der Waals surface area contributed by atoms with Crippen molar-refractivity contribution in [1.82, 2.24) is 4.90 Å². The van der Waals surface area contributed by atoms with Gasteiger partial charge in [-0.25, -0.2) is 16.8 Å². The lowest BCUT2D eigenvalue weighted by Gasteiger charge is -2.37. The zero-order valence-electron chi connectivity index (χ0n) is 17.6. The van der Waals surface area contributed by atoms with Crippen LogP contribution < -0.4 is 0 Å². The molecule has 33 heavy (non-hydrogen) atoms. The van der Waals surface area contributed by atoms with Gasteiger partial charge in [0.05, 0.1) is 5.75 Å². The van der Waals surface area contributed by atoms with Gasteiger partial charge < -0.3 is 4.90 Å². The minimum Gasteiger partial charge on any atom is -0.358 e. The zero-order valence-corrected chi connectivity index (χ0v) is 20.0. The van der Waals surface area contributed by atoms with E-state index in [1.165, 1.54) is 16.7 Å². The van der Waals surface area contributed by atoms with E-state index in [-0.39, 0.29) is 11.7 Å². The first-order valence-electron chi connectivity index (χ1n) is 10.0. The van der Waals surface area contributed by atoms with Crippen LogP contribution in [0.3, 0.4) is 0 Å². The molecule has 2 aliphatic rings. The molecule has 6 nitrogen and oxygen atoms in total. The van der Waals surface area contributed by atoms with Crippen LogP contribution in [-0.2, 0) is 19.1 Å². The first-order chi connectivity index (χ1) is 15.3. The second-order valence-electron chi connectivity index (χ2n) is 7.79. The van der Waals surface area contributed by atoms with Crippen molar-refractivity contribution in [2.45, 2.75) is 31.2 Å². The molecular formula is C21H22ClF3N2O4S2. The zero-order chi connectivity index (χ0) is 24.4. The predicted octanol–water partition coefficient (Wildman–Crippen LogP) is 4.66. The van der Waals surface area contributed by atoms with E-state index in [0.717, 1.165) is 30.8 Å². The summed E-state index contributed by atoms with van der Waals surface area (Å²) in [5.74, 6) is 0.951. The molecule has 1 atom stereocenters. The summed E-state index contributed by atoms with van der Waals surface area (Å²) in [6, 6.07) is 17.0. The molecule has 1 unspecified atom stereocenters. The van der Waals surface area contributed by atoms with Gasteiger partial charge in [-0.05, 0) is 36.5 Å². The van der Waals surface area contributed by atoms with Crippen LogP contribution in [0.5, 0.6) is 0 Å². The summed E-state index contributed by atoms with van der Waals surface area (Å²) in [4.78, 5) is 2.14. The third-order valence-electron chi connectivity index (χ3n) is 5.38. The van der Waals surface area contributed by atoms with Crippen molar-refractivity contribution in [3.05, 3.63) is 59.7 Å². The van der Waals surface area contributed by atoms with E-state index in [4.69, 9.17) is 0 Å². The maximum absolute atomic E-state index is 11.9. The average Bonchev–Trinajstić information content (AvgIpc) is 2.72. The number of aryl methyl sites for hydroxylation is 1. The number of fused-ring (bicyclic) bond motifs is 1. The standard InChI is InChI=1S/C20H22N2O2S.CClF3O2S/c1-15-4-6-16(7-5-15)17-8-10-18(11-9-17)19-3-2-12-22-13-14-25(23,24)21-20(19)22;2-8(6,7)1(3,4)5/h4-11,19H,2-3,12-14H2,1H3;. The average molecular weight is 523 g/mol. The predicted molar refractivity (Wildman–Crippen MR) is 122 cm³/mol. The number of benzene rings is 2. The number of halogens is 4. The summed E-state index contributed by atoms with van der Waals surface area (Å²) >= 11 is 0. The van der Waals surface area contributed by atoms with Crippen molar-refractivity contribution >= 4 is 35.6 Å². The number of alkyl halides is 3. The van der Waals surface area contributed by atoms with Gasteiger partial charge >= 0.3 is 14.6 Å². The second-order valence-corrected chi connectivity index (χ2v) is 12.1. The van der Waals surface area contributed by atoms with Gasteiger partial charge in [-0.15, -0.1) is 4.40 Å². The van der Waals surface area contributed by atoms with E-state index in [1.54, 1.807) is 0 Å². The van der Waals surface area contributed by atoms with Gasteiger partial charge in [-0.2, -0.15) is 13.2 Å². The second kappa shape index (κ2) is 9.63. The molecule has 2 aromatic rings. The minimum absolute atomic E-state index is 0.0795. The van der Waals surface area contributed by atoms with Crippen LogP contribution in [0.4, 0.5) is 13.2 Å². The van der Waals surface area contributed by atoms with Crippen molar-refractivity contribution in [1.29, 1.82) is 0 Å². The highest BCUT2D eigenvalue weighted by molar-refractivity contribution is 8.14. The van der Waals surface area contributed by atoms with Crippen molar-refractivity contribution < 1.29 is 30.0 Å². The summed E-state index contributed by atoms with van der Waals surface area (Å²) in [5.41, 5.74) is -0.556. The smallest absolute Gasteiger partial charge is 0.358 e. The highest BCUT2D eigenvalue weighted by atomic mass is 35.7. The normalized spacial score (nSPS) is 20.2. The summed E-state index contributed by atoms with van der Waals surface area (Å²) in [5, 5.41) is 0. The quantitative estimate of drug-likeness (QED) is 0.536. The van der Waals surface area contributed by atoms with Gasteiger partial charge in [0.25, 0.3) is 10.0 Å². The van der Waals surface area contributed by atoms with Crippen molar-refractivity contribution in [2.24, 2.45) is 4.40 Å². The molecule has 0 radical (unpaired) electrons. The molecular weight excluding hydrogens is 501 g/mol. The third-order valence-corrected chi connectivity index (χ3v) is 7.62. The van der Waals surface area contributed by atoms with Gasteiger partial charge in [0.15, 0.2) is 0 Å². The lowest BCUT2D eigenvalue weighted by atomic mass is 9.88. The molecule has 2 aromatic carbocycles. The molecule has 0 saturated carbocycles. The molecule has 0 N–H and O–H groups in total. The Morgan fingerprint density at radius 3 is 2.03 bits per heavy atom. The summed E-state index contributed by atoms with van der Waals surface area (Å²) in [6.07, 6.45) is 2.03. The van der Waals surface area contributed by atoms with E-state index in [2.05, 4.69) is 75.4 Å². The van der Waals surface area contributed by atoms with Crippen LogP contribution in [-0.4, -0.2) is 51.9 Å². The SMILES string of the molecule is Cc1ccc(-c2ccc(C3CCCN4CCS(=O)(=O)N=C34)cc2)cc1.O=S(=O)(Cl)C(F)(F)F. The first kappa shape index (κ1) is 25.5. The fraction of sp³-hybridized carbons (Fsp3) is 0.381. The molecule has 0 amide bonds. The van der Waals surface area contributed by atoms with Gasteiger partial charge in [0.1, 0.15) is 5.84 Å². The Morgan fingerprint density at radius 1 is 1.00 bits per heavy atom. The van der Waals surface area contributed by atoms with Gasteiger partial charge in [0, 0.05) is 29.7 Å². The van der Waals surface area contributed by atoms with Crippen LogP contribution in [0, 0.1) is 6.92 Å². The van der Waals surface area contributed by atoms with E-state index >= 15 is 0 Å². The van der Waals surface area contributed by atoms with Crippen molar-refractivity contribution in [2.75, 3.05) is 18.8 Å². The Bertz CT molecular complexity index is 1230. The van der Waals surface area contributed by atoms with Crippen LogP contribution in [0.1, 0.15) is 29.9 Å². The van der Waals surface area contributed by atoms with Gasteiger partial charge in [-0.1, -0.05) is 54.1 Å². The van der Waals surface area contributed by atoms with Gasteiger partial charge in [0.2, 0.25) is 0 Å². The minimum atomic E-state index is -5.37. The molecule has 1 fully saturated rings. The molecule has 0 spiro atoms. The van der Waals surface area contributed by atoms with Crippen LogP contribution >= 0.6 is 10.7 Å². The Morgan fingerprint density at radius 2 is 1.52 bits per heavy atom. The largest absolute Gasteiger partial charge is 0.511 e. The highest BCUT2D eigenvalue weighted by Crippen LogP contribution is 2.32. The molecule has 0 aliphatic carbocycles. The Balaban J connectivity index is 0.000000331. The molecule has 1 saturated heterocycles. The fourth-order valence-corrected chi connectivity index (χ4v) is 4.75. The number of rotatable bonds is 2. The number of piperidine rings is 1. The molecule has 0 bridgehead atoms. The summed E-state index contributed by atoms with van der Waals surface area (Å²) in [7, 11) is -4.81. The van der Waals surface area contributed by atoms with E-state index in [0.29, 0.717) is 6.54 Å². The summed E-state index contributed by atoms with van der Waals surface area (Å²) in [6.45, 7) is 3.56. The maximum atomic E-state index is 11.9. The number of sulfonamides is 1. The Labute approximate surface area is 195 Å². The fourth-order valence-electron chi connectivity index (χ4n) is 3.68. The van der Waals surface area contributed by atoms with Crippen molar-refractivity contribution in [3.8, 4) is 11.1 Å². The molecule has 12 heteroatoms. The Kier molecular flexibility index (Phi) is 7.45. The highest BCUT2D eigenvalue weighted by Gasteiger charge is 2.44. The monoisotopic (exact) mass is 522 g/mol. The number of amidine groups is 1. The Hall–Kier alpha value is -2.11. The van der Waals surface area contributed by atoms with E-state index < -0.39 is 24.6 Å². The third kappa shape index (κ3) is 6.48. The number of hydrogen-bond donors (Lipinski definition) is 0. The lowest BCUT2D eigenvalue weighted by Crippen LogP contribution is -2.46. The molecule has 2 aliphatic heterocycles. The van der Waals surface area contributed by atoms with E-state index in [1.807, 2.05) is 0 Å². The molecule has 4 rings (SSSR count). The molecule has 180 valence electrons. The molecule has 2 heterocycles. The van der Waals surface area contributed by atoms with Crippen molar-refractivity contribution in [3.63, 3.8) is 0 Å². The maximum Gasteiger partial charge on any atom is 0.511 e. The van der Waals surface area contributed by atoms with Crippen LogP contribution in [0.15, 0.2) is 52.9 Å². The summed E-state index contributed by atoms with van der Waals surface area (Å²) < 4.78 is 79.1.